The van der Waals surface area contributed by atoms with Crippen LogP contribution < -0.4 is 26.6 Å². The zero-order valence-electron chi connectivity index (χ0n) is 47.1. The van der Waals surface area contributed by atoms with Crippen molar-refractivity contribution in [2.45, 2.75) is 220 Å². The van der Waals surface area contributed by atoms with Crippen molar-refractivity contribution in [2.24, 2.45) is 5.21 Å². The van der Waals surface area contributed by atoms with E-state index in [0.29, 0.717) is 35.9 Å². The molecule has 1 unspecified atom stereocenters. The van der Waals surface area contributed by atoms with Gasteiger partial charge in [0.1, 0.15) is 40.6 Å². The quantitative estimate of drug-likeness (QED) is 0.0523. The fraction of sp³-hybridized carbons (Fsp3) is 0.680. The number of aromatic amines is 2. The van der Waals surface area contributed by atoms with E-state index in [0.717, 1.165) is 34.8 Å². The summed E-state index contributed by atoms with van der Waals surface area (Å²) in [6.45, 7) is 50.0. The second-order valence-electron chi connectivity index (χ2n) is 19.2. The standard InChI is InChI=1S/C31H50FN13.C11H18N4.4C2H6/c1-15-19-22(28(4,5)6)38-40-26(19)43(17(2)34)31(13,45-25(35)20(16-33)23(42-45)29(7,8)9)44(18(3)37-32)27-21(36-14)24(39-41-27)30(10,11)12;1-5-15-10(13)8(6-7-12)9(14-15)11(2,3)4;4*1-2/h34,36H,15,35H2,1-14H3,(H,38,40)(H,39,41);5-6,13H2,1-4H3;4*1-2H3/b34-17?,37-18+;;;;;. The molecule has 0 amide bonds. The molecule has 1 atom stereocenters. The van der Waals surface area contributed by atoms with Gasteiger partial charge in [0.25, 0.3) is 0 Å². The summed E-state index contributed by atoms with van der Waals surface area (Å²) >= 11 is 0. The van der Waals surface area contributed by atoms with Crippen molar-refractivity contribution in [3.63, 3.8) is 0 Å². The normalized spacial score (nSPS) is 12.3. The van der Waals surface area contributed by atoms with Gasteiger partial charge in [-0.1, -0.05) is 155 Å². The highest BCUT2D eigenvalue weighted by Gasteiger charge is 2.50. The minimum Gasteiger partial charge on any atom is -0.384 e. The van der Waals surface area contributed by atoms with Gasteiger partial charge < -0.3 is 16.8 Å². The van der Waals surface area contributed by atoms with Gasteiger partial charge >= 0.3 is 0 Å². The number of H-pyrrole nitrogens is 2. The summed E-state index contributed by atoms with van der Waals surface area (Å²) in [5.41, 5.74) is 17.0. The van der Waals surface area contributed by atoms with Crippen LogP contribution in [-0.4, -0.2) is 58.7 Å². The molecule has 0 saturated carbocycles. The van der Waals surface area contributed by atoms with Crippen LogP contribution in [0.4, 0.5) is 33.4 Å². The lowest BCUT2D eigenvalue weighted by molar-refractivity contribution is 0.305. The smallest absolute Gasteiger partial charge is 0.223 e. The van der Waals surface area contributed by atoms with Crippen molar-refractivity contribution in [3.8, 4) is 12.1 Å². The molecule has 4 heterocycles. The summed E-state index contributed by atoms with van der Waals surface area (Å²) in [4.78, 5) is 3.17. The van der Waals surface area contributed by atoms with Gasteiger partial charge in [0.2, 0.25) is 5.79 Å². The number of nitrogen functional groups attached to an aromatic ring is 2. The van der Waals surface area contributed by atoms with Crippen LogP contribution in [0.25, 0.3) is 0 Å². The van der Waals surface area contributed by atoms with Crippen molar-refractivity contribution in [1.29, 1.82) is 15.9 Å². The van der Waals surface area contributed by atoms with Gasteiger partial charge in [-0.05, 0) is 27.2 Å². The molecule has 68 heavy (non-hydrogen) atoms. The first-order valence-electron chi connectivity index (χ1n) is 24.2. The van der Waals surface area contributed by atoms with E-state index in [-0.39, 0.29) is 45.1 Å². The molecule has 0 bridgehead atoms. The van der Waals surface area contributed by atoms with Crippen LogP contribution in [0.1, 0.15) is 213 Å². The highest BCUT2D eigenvalue weighted by atomic mass is 19.2. The maximum atomic E-state index is 14.7. The summed E-state index contributed by atoms with van der Waals surface area (Å²) in [5, 5.41) is 59.8. The van der Waals surface area contributed by atoms with E-state index in [4.69, 9.17) is 26.9 Å². The molecule has 0 aliphatic rings. The van der Waals surface area contributed by atoms with E-state index in [1.807, 2.05) is 111 Å². The van der Waals surface area contributed by atoms with Gasteiger partial charge in [-0.15, -0.1) is 0 Å². The van der Waals surface area contributed by atoms with Gasteiger partial charge in [0, 0.05) is 59.0 Å². The number of halogens is 1. The fourth-order valence-corrected chi connectivity index (χ4v) is 7.43. The van der Waals surface area contributed by atoms with Gasteiger partial charge in [-0.2, -0.15) is 30.9 Å². The number of hydrogen-bond donors (Lipinski definition) is 6. The topological polar surface area (TPSA) is 247 Å². The van der Waals surface area contributed by atoms with E-state index in [1.165, 1.54) is 16.5 Å². The SMILES string of the molecule is CC.CC.CC.CC.CCc1c(N(C(C)=N)C(C)(N(/C(C)=N/F)c2n[nH]c(C(C)(C)C)c2NC)n2nc(C(C)(C)C)c(C#N)c2N)n[nH]c1C(C)(C)C.CCn1nc(C(C)(C)C)c(CC#N)c1N. The lowest BCUT2D eigenvalue weighted by Gasteiger charge is -2.48. The number of nitrogens with zero attached hydrogens (tertiary/aromatic N) is 11. The second-order valence-corrected chi connectivity index (χ2v) is 19.2. The van der Waals surface area contributed by atoms with Gasteiger partial charge in [0.05, 0.1) is 29.6 Å². The Morgan fingerprint density at radius 2 is 1.19 bits per heavy atom. The fourth-order valence-electron chi connectivity index (χ4n) is 7.43. The Morgan fingerprint density at radius 3 is 1.54 bits per heavy atom. The number of aromatic nitrogens is 8. The van der Waals surface area contributed by atoms with Crippen molar-refractivity contribution in [1.82, 2.24) is 40.0 Å². The van der Waals surface area contributed by atoms with Gasteiger partial charge in [-0.25, -0.2) is 9.36 Å². The average Bonchev–Trinajstić information content (AvgIpc) is 4.07. The van der Waals surface area contributed by atoms with Crippen molar-refractivity contribution in [2.75, 3.05) is 33.6 Å². The van der Waals surface area contributed by atoms with E-state index in [9.17, 15) is 15.2 Å². The van der Waals surface area contributed by atoms with Crippen LogP contribution in [0.3, 0.4) is 0 Å². The third-order valence-corrected chi connectivity index (χ3v) is 10.3. The molecule has 0 fully saturated rings. The molecule has 4 aromatic rings. The van der Waals surface area contributed by atoms with Gasteiger partial charge in [0.15, 0.2) is 11.6 Å². The predicted molar refractivity (Wildman–Crippen MR) is 286 cm³/mol. The van der Waals surface area contributed by atoms with Crippen molar-refractivity contribution < 1.29 is 4.48 Å². The molecule has 384 valence electrons. The first-order valence-corrected chi connectivity index (χ1v) is 24.2. The molecule has 4 aromatic heterocycles. The highest BCUT2D eigenvalue weighted by Crippen LogP contribution is 2.45. The van der Waals surface area contributed by atoms with E-state index >= 15 is 0 Å². The van der Waals surface area contributed by atoms with Crippen LogP contribution >= 0.6 is 0 Å². The Morgan fingerprint density at radius 1 is 0.721 bits per heavy atom. The molecular formula is C50H92FN17. The largest absolute Gasteiger partial charge is 0.384 e. The Labute approximate surface area is 410 Å². The number of nitrogens with two attached hydrogens (primary N) is 2. The van der Waals surface area contributed by atoms with E-state index in [2.05, 4.69) is 84.6 Å². The lowest BCUT2D eigenvalue weighted by Crippen LogP contribution is -2.64. The Balaban J connectivity index is 0. The summed E-state index contributed by atoms with van der Waals surface area (Å²) < 4.78 is 17.9. The number of hydrogen-bond acceptors (Lipinski definition) is 11. The molecule has 0 aliphatic heterocycles. The highest BCUT2D eigenvalue weighted by molar-refractivity contribution is 6.03. The molecule has 0 radical (unpaired) electrons. The minimum atomic E-state index is -1.70. The predicted octanol–water partition coefficient (Wildman–Crippen LogP) is 12.2. The lowest BCUT2D eigenvalue weighted by atomic mass is 9.88. The molecule has 0 saturated heterocycles. The van der Waals surface area contributed by atoms with Crippen molar-refractivity contribution >= 4 is 40.6 Å². The van der Waals surface area contributed by atoms with Crippen LogP contribution in [0.15, 0.2) is 5.21 Å². The zero-order chi connectivity index (χ0) is 54.1. The van der Waals surface area contributed by atoms with Crippen molar-refractivity contribution in [3.05, 3.63) is 39.5 Å². The number of nitrogens with one attached hydrogen (secondary N) is 4. The average molecular weight is 950 g/mol. The van der Waals surface area contributed by atoms with Crippen LogP contribution in [0, 0.1) is 28.1 Å². The maximum absolute atomic E-state index is 14.7. The Hall–Kier alpha value is -5.91. The first kappa shape index (κ1) is 64.2. The summed E-state index contributed by atoms with van der Waals surface area (Å²) in [5.74, 6) is -0.363. The molecule has 18 heteroatoms. The van der Waals surface area contributed by atoms with Gasteiger partial charge in [-0.3, -0.25) is 25.4 Å². The number of rotatable bonds is 9. The first-order chi connectivity index (χ1) is 31.5. The molecule has 0 aromatic carbocycles. The van der Waals surface area contributed by atoms with Crippen LogP contribution in [0.2, 0.25) is 0 Å². The summed E-state index contributed by atoms with van der Waals surface area (Å²) in [7, 11) is 1.76. The molecule has 8 N–H and O–H groups in total. The number of anilines is 5. The second kappa shape index (κ2) is 26.6. The number of amidine groups is 2. The molecule has 17 nitrogen and oxygen atoms in total. The van der Waals surface area contributed by atoms with Crippen LogP contribution in [0.5, 0.6) is 0 Å². The third kappa shape index (κ3) is 13.8. The van der Waals surface area contributed by atoms with Crippen LogP contribution in [-0.2, 0) is 46.8 Å². The Kier molecular flexibility index (Phi) is 25.1. The number of aryl methyl sites for hydroxylation is 1. The third-order valence-electron chi connectivity index (χ3n) is 10.3. The maximum Gasteiger partial charge on any atom is 0.223 e. The molecule has 0 aliphatic carbocycles. The van der Waals surface area contributed by atoms with E-state index < -0.39 is 11.2 Å². The summed E-state index contributed by atoms with van der Waals surface area (Å²) in [6.07, 6.45) is 0.913. The Bertz CT molecular complexity index is 2280. The molecular weight excluding hydrogens is 858 g/mol. The number of nitriles is 2. The monoisotopic (exact) mass is 950 g/mol. The molecule has 4 rings (SSSR count). The zero-order valence-corrected chi connectivity index (χ0v) is 47.1. The molecule has 0 spiro atoms. The van der Waals surface area contributed by atoms with E-state index in [1.54, 1.807) is 30.5 Å². The minimum absolute atomic E-state index is 0.0371. The summed E-state index contributed by atoms with van der Waals surface area (Å²) in [6, 6.07) is 4.37.